The molecule has 1 N–H and O–H groups in total. The van der Waals surface area contributed by atoms with Crippen LogP contribution in [0.15, 0.2) is 0 Å². The van der Waals surface area contributed by atoms with Crippen LogP contribution >= 0.6 is 11.6 Å². The van der Waals surface area contributed by atoms with Crippen LogP contribution in [0.2, 0.25) is 0 Å². The highest BCUT2D eigenvalue weighted by atomic mass is 35.5. The number of hydrogen-bond donors (Lipinski definition) is 1. The van der Waals surface area contributed by atoms with Gasteiger partial charge in [0.2, 0.25) is 0 Å². The molecule has 5 heteroatoms. The van der Waals surface area contributed by atoms with Gasteiger partial charge in [0.05, 0.1) is 0 Å². The number of hydrogen-bond acceptors (Lipinski definition) is 3. The van der Waals surface area contributed by atoms with Gasteiger partial charge < -0.3 is 15.0 Å². The zero-order valence-corrected chi connectivity index (χ0v) is 13.3. The Morgan fingerprint density at radius 2 is 1.95 bits per heavy atom. The van der Waals surface area contributed by atoms with Crippen molar-refractivity contribution in [3.8, 4) is 0 Å². The van der Waals surface area contributed by atoms with Crippen molar-refractivity contribution >= 4 is 17.7 Å². The van der Waals surface area contributed by atoms with E-state index in [1.54, 1.807) is 0 Å². The van der Waals surface area contributed by atoms with E-state index in [-0.39, 0.29) is 11.6 Å². The second kappa shape index (κ2) is 6.80. The van der Waals surface area contributed by atoms with E-state index in [1.807, 2.05) is 20.8 Å². The molecule has 0 saturated carbocycles. The number of carbonyl (C=O) groups is 1. The van der Waals surface area contributed by atoms with Crippen molar-refractivity contribution in [2.24, 2.45) is 0 Å². The van der Waals surface area contributed by atoms with Crippen LogP contribution < -0.4 is 5.32 Å². The van der Waals surface area contributed by atoms with Crippen molar-refractivity contribution < 1.29 is 9.53 Å². The fourth-order valence-electron chi connectivity index (χ4n) is 2.23. The molecular formula is C14H27ClN2O2. The van der Waals surface area contributed by atoms with Crippen LogP contribution in [-0.2, 0) is 4.74 Å². The lowest BCUT2D eigenvalue weighted by Gasteiger charge is -2.40. The molecule has 0 radical (unpaired) electrons. The molecule has 0 unspecified atom stereocenters. The smallest absolute Gasteiger partial charge is 0.408 e. The highest BCUT2D eigenvalue weighted by Gasteiger charge is 2.32. The number of amides is 1. The van der Waals surface area contributed by atoms with E-state index in [0.717, 1.165) is 38.9 Å². The van der Waals surface area contributed by atoms with Gasteiger partial charge in [0.25, 0.3) is 0 Å². The SMILES string of the molecule is CC1(NC(=O)OC(C)(C)C)CCN(CCCCl)CC1. The Kier molecular flexibility index (Phi) is 5.93. The van der Waals surface area contributed by atoms with Gasteiger partial charge in [-0.25, -0.2) is 4.79 Å². The Bertz CT molecular complexity index is 294. The number of alkyl carbamates (subject to hydrolysis) is 1. The molecule has 1 fully saturated rings. The summed E-state index contributed by atoms with van der Waals surface area (Å²) >= 11 is 5.71. The average Bonchev–Trinajstić information content (AvgIpc) is 2.25. The molecule has 112 valence electrons. The molecule has 0 aromatic heterocycles. The summed E-state index contributed by atoms with van der Waals surface area (Å²) in [6, 6.07) is 0. The summed E-state index contributed by atoms with van der Waals surface area (Å²) in [5.74, 6) is 0.712. The molecule has 1 heterocycles. The van der Waals surface area contributed by atoms with E-state index in [2.05, 4.69) is 17.1 Å². The number of likely N-dealkylation sites (tertiary alicyclic amines) is 1. The van der Waals surface area contributed by atoms with Crippen molar-refractivity contribution in [3.05, 3.63) is 0 Å². The minimum Gasteiger partial charge on any atom is -0.444 e. The number of rotatable bonds is 4. The first kappa shape index (κ1) is 16.6. The van der Waals surface area contributed by atoms with Crippen molar-refractivity contribution in [1.82, 2.24) is 10.2 Å². The first-order valence-corrected chi connectivity index (χ1v) is 7.57. The molecule has 0 aliphatic carbocycles. The Morgan fingerprint density at radius 3 is 2.42 bits per heavy atom. The van der Waals surface area contributed by atoms with Gasteiger partial charge in [0.15, 0.2) is 0 Å². The maximum absolute atomic E-state index is 11.8. The normalized spacial score (nSPS) is 20.1. The second-order valence-corrected chi connectivity index (χ2v) is 6.95. The highest BCUT2D eigenvalue weighted by molar-refractivity contribution is 6.17. The molecule has 1 aliphatic heterocycles. The number of piperidine rings is 1. The van der Waals surface area contributed by atoms with E-state index >= 15 is 0 Å². The summed E-state index contributed by atoms with van der Waals surface area (Å²) in [5, 5.41) is 3.01. The predicted octanol–water partition coefficient (Wildman–Crippen LogP) is 2.99. The molecule has 19 heavy (non-hydrogen) atoms. The fraction of sp³-hybridized carbons (Fsp3) is 0.929. The first-order valence-electron chi connectivity index (χ1n) is 7.04. The van der Waals surface area contributed by atoms with Gasteiger partial charge in [-0.2, -0.15) is 0 Å². The summed E-state index contributed by atoms with van der Waals surface area (Å²) in [6.07, 6.45) is 2.62. The summed E-state index contributed by atoms with van der Waals surface area (Å²) in [4.78, 5) is 14.2. The number of nitrogens with one attached hydrogen (secondary N) is 1. The minimum absolute atomic E-state index is 0.153. The molecule has 0 aromatic rings. The van der Waals surface area contributed by atoms with Crippen LogP contribution in [0.1, 0.15) is 47.0 Å². The van der Waals surface area contributed by atoms with E-state index in [4.69, 9.17) is 16.3 Å². The van der Waals surface area contributed by atoms with E-state index < -0.39 is 5.60 Å². The van der Waals surface area contributed by atoms with Crippen molar-refractivity contribution in [2.45, 2.75) is 58.1 Å². The Hall–Kier alpha value is -0.480. The Balaban J connectivity index is 2.37. The molecular weight excluding hydrogens is 264 g/mol. The maximum Gasteiger partial charge on any atom is 0.408 e. The molecule has 0 atom stereocenters. The zero-order chi connectivity index (χ0) is 14.5. The van der Waals surface area contributed by atoms with Gasteiger partial charge in [0.1, 0.15) is 5.60 Å². The third-order valence-corrected chi connectivity index (χ3v) is 3.64. The molecule has 0 spiro atoms. The Labute approximate surface area is 121 Å². The van der Waals surface area contributed by atoms with Crippen molar-refractivity contribution in [1.29, 1.82) is 0 Å². The van der Waals surface area contributed by atoms with E-state index in [1.165, 1.54) is 0 Å². The summed E-state index contributed by atoms with van der Waals surface area (Å²) in [7, 11) is 0. The second-order valence-electron chi connectivity index (χ2n) is 6.57. The predicted molar refractivity (Wildman–Crippen MR) is 78.8 cm³/mol. The highest BCUT2D eigenvalue weighted by Crippen LogP contribution is 2.22. The van der Waals surface area contributed by atoms with Gasteiger partial charge in [-0.3, -0.25) is 0 Å². The lowest BCUT2D eigenvalue weighted by atomic mass is 9.90. The van der Waals surface area contributed by atoms with E-state index in [9.17, 15) is 4.79 Å². The topological polar surface area (TPSA) is 41.6 Å². The number of halogens is 1. The van der Waals surface area contributed by atoms with Crippen LogP contribution in [0.4, 0.5) is 4.79 Å². The number of alkyl halides is 1. The lowest BCUT2D eigenvalue weighted by Crippen LogP contribution is -2.54. The third-order valence-electron chi connectivity index (χ3n) is 3.37. The minimum atomic E-state index is -0.443. The van der Waals surface area contributed by atoms with Crippen molar-refractivity contribution in [2.75, 3.05) is 25.5 Å². The van der Waals surface area contributed by atoms with Crippen LogP contribution in [0, 0.1) is 0 Å². The molecule has 0 aromatic carbocycles. The van der Waals surface area contributed by atoms with Crippen LogP contribution in [-0.4, -0.2) is 47.6 Å². The summed E-state index contributed by atoms with van der Waals surface area (Å²) in [5.41, 5.74) is -0.596. The molecule has 1 amide bonds. The van der Waals surface area contributed by atoms with Crippen molar-refractivity contribution in [3.63, 3.8) is 0 Å². The number of ether oxygens (including phenoxy) is 1. The molecule has 1 rings (SSSR count). The standard InChI is InChI=1S/C14H27ClN2O2/c1-13(2,3)19-12(18)16-14(4)6-10-17(11-7-14)9-5-8-15/h5-11H2,1-4H3,(H,16,18). The van der Waals surface area contributed by atoms with Crippen LogP contribution in [0.25, 0.3) is 0 Å². The number of nitrogens with zero attached hydrogens (tertiary/aromatic N) is 1. The number of carbonyl (C=O) groups excluding carboxylic acids is 1. The van der Waals surface area contributed by atoms with Crippen LogP contribution in [0.5, 0.6) is 0 Å². The summed E-state index contributed by atoms with van der Waals surface area (Å²) < 4.78 is 5.32. The van der Waals surface area contributed by atoms with Gasteiger partial charge in [-0.15, -0.1) is 11.6 Å². The molecule has 1 aliphatic rings. The van der Waals surface area contributed by atoms with Gasteiger partial charge >= 0.3 is 6.09 Å². The summed E-state index contributed by atoms with van der Waals surface area (Å²) in [6.45, 7) is 10.8. The molecule has 1 saturated heterocycles. The molecule has 4 nitrogen and oxygen atoms in total. The van der Waals surface area contributed by atoms with Gasteiger partial charge in [-0.05, 0) is 53.5 Å². The van der Waals surface area contributed by atoms with Gasteiger partial charge in [-0.1, -0.05) is 0 Å². The van der Waals surface area contributed by atoms with Gasteiger partial charge in [0, 0.05) is 24.5 Å². The first-order chi connectivity index (χ1) is 8.74. The maximum atomic E-state index is 11.8. The average molecular weight is 291 g/mol. The van der Waals surface area contributed by atoms with E-state index in [0.29, 0.717) is 5.88 Å². The fourth-order valence-corrected chi connectivity index (χ4v) is 2.35. The monoisotopic (exact) mass is 290 g/mol. The largest absolute Gasteiger partial charge is 0.444 e. The third kappa shape index (κ3) is 6.48. The Morgan fingerprint density at radius 1 is 1.37 bits per heavy atom. The van der Waals surface area contributed by atoms with Crippen LogP contribution in [0.3, 0.4) is 0 Å². The quantitative estimate of drug-likeness (QED) is 0.809. The lowest BCUT2D eigenvalue weighted by molar-refractivity contribution is 0.0405. The zero-order valence-electron chi connectivity index (χ0n) is 12.6. The molecule has 0 bridgehead atoms.